The number of rotatable bonds is 5. The Bertz CT molecular complexity index is 432. The van der Waals surface area contributed by atoms with Gasteiger partial charge in [0.05, 0.1) is 13.7 Å². The lowest BCUT2D eigenvalue weighted by Crippen LogP contribution is -2.30. The zero-order chi connectivity index (χ0) is 14.6. The van der Waals surface area contributed by atoms with Crippen LogP contribution >= 0.6 is 0 Å². The molecule has 0 aliphatic carbocycles. The van der Waals surface area contributed by atoms with E-state index in [-0.39, 0.29) is 6.61 Å². The summed E-state index contributed by atoms with van der Waals surface area (Å²) in [6.45, 7) is 5.36. The van der Waals surface area contributed by atoms with Gasteiger partial charge in [-0.25, -0.2) is 4.79 Å². The van der Waals surface area contributed by atoms with E-state index in [9.17, 15) is 15.0 Å². The third-order valence-corrected chi connectivity index (χ3v) is 2.93. The molecule has 0 spiro atoms. The first-order chi connectivity index (χ1) is 8.92. The molecule has 0 amide bonds. The van der Waals surface area contributed by atoms with E-state index in [1.165, 1.54) is 0 Å². The molecule has 5 heteroatoms. The summed E-state index contributed by atoms with van der Waals surface area (Å²) in [7, 11) is 1.55. The molecular weight excluding hydrogens is 248 g/mol. The molecule has 2 atom stereocenters. The maximum absolute atomic E-state index is 11.4. The number of aliphatic hydroxyl groups is 2. The van der Waals surface area contributed by atoms with Crippen LogP contribution in [0.3, 0.4) is 0 Å². The van der Waals surface area contributed by atoms with Gasteiger partial charge in [-0.05, 0) is 49.6 Å². The number of esters is 1. The molecule has 1 rings (SSSR count). The summed E-state index contributed by atoms with van der Waals surface area (Å²) in [6, 6.07) is 3.48. The van der Waals surface area contributed by atoms with Crippen LogP contribution in [0.15, 0.2) is 12.1 Å². The number of hydrogen-bond acceptors (Lipinski definition) is 5. The Hall–Kier alpha value is -1.59. The van der Waals surface area contributed by atoms with Crippen molar-refractivity contribution >= 4 is 5.97 Å². The van der Waals surface area contributed by atoms with Gasteiger partial charge >= 0.3 is 5.97 Å². The summed E-state index contributed by atoms with van der Waals surface area (Å²) < 4.78 is 9.82. The zero-order valence-corrected chi connectivity index (χ0v) is 11.6. The molecule has 106 valence electrons. The van der Waals surface area contributed by atoms with Crippen molar-refractivity contribution in [3.8, 4) is 5.75 Å². The van der Waals surface area contributed by atoms with Gasteiger partial charge in [0.2, 0.25) is 0 Å². The van der Waals surface area contributed by atoms with E-state index in [1.807, 2.05) is 0 Å². The van der Waals surface area contributed by atoms with E-state index in [4.69, 9.17) is 9.47 Å². The molecule has 19 heavy (non-hydrogen) atoms. The van der Waals surface area contributed by atoms with Gasteiger partial charge in [0.25, 0.3) is 0 Å². The quantitative estimate of drug-likeness (QED) is 0.786. The average molecular weight is 268 g/mol. The highest BCUT2D eigenvalue weighted by molar-refractivity contribution is 5.75. The molecular formula is C14H20O5. The number of ether oxygens (including phenoxy) is 2. The third-order valence-electron chi connectivity index (χ3n) is 2.93. The molecule has 0 aromatic heterocycles. The zero-order valence-electron chi connectivity index (χ0n) is 11.6. The highest BCUT2D eigenvalue weighted by Crippen LogP contribution is 2.29. The van der Waals surface area contributed by atoms with Gasteiger partial charge in [-0.1, -0.05) is 0 Å². The fourth-order valence-electron chi connectivity index (χ4n) is 2.03. The van der Waals surface area contributed by atoms with Gasteiger partial charge < -0.3 is 19.7 Å². The monoisotopic (exact) mass is 268 g/mol. The van der Waals surface area contributed by atoms with Crippen molar-refractivity contribution in [2.45, 2.75) is 33.0 Å². The molecule has 5 nitrogen and oxygen atoms in total. The Balaban J connectivity index is 3.05. The fraction of sp³-hybridized carbons (Fsp3) is 0.500. The minimum Gasteiger partial charge on any atom is -0.497 e. The summed E-state index contributed by atoms with van der Waals surface area (Å²) in [6.07, 6.45) is -2.91. The van der Waals surface area contributed by atoms with Crippen LogP contribution in [0.25, 0.3) is 0 Å². The molecule has 2 N–H and O–H groups in total. The van der Waals surface area contributed by atoms with Gasteiger partial charge in [-0.15, -0.1) is 0 Å². The maximum Gasteiger partial charge on any atom is 0.338 e. The van der Waals surface area contributed by atoms with E-state index >= 15 is 0 Å². The van der Waals surface area contributed by atoms with Gasteiger partial charge in [-0.3, -0.25) is 0 Å². The first-order valence-electron chi connectivity index (χ1n) is 6.10. The summed E-state index contributed by atoms with van der Waals surface area (Å²) >= 11 is 0. The summed E-state index contributed by atoms with van der Waals surface area (Å²) in [5.41, 5.74) is 2.00. The van der Waals surface area contributed by atoms with Gasteiger partial charge in [0.15, 0.2) is 6.10 Å². The Morgan fingerprint density at radius 3 is 2.21 bits per heavy atom. The van der Waals surface area contributed by atoms with Crippen molar-refractivity contribution in [3.05, 3.63) is 28.8 Å². The van der Waals surface area contributed by atoms with Gasteiger partial charge in [-0.2, -0.15) is 0 Å². The van der Waals surface area contributed by atoms with Crippen molar-refractivity contribution < 1.29 is 24.5 Å². The van der Waals surface area contributed by atoms with E-state index < -0.39 is 18.2 Å². The number of carbonyl (C=O) groups excluding carboxylic acids is 1. The molecule has 0 aliphatic heterocycles. The highest BCUT2D eigenvalue weighted by atomic mass is 16.5. The molecule has 0 aliphatic rings. The fourth-order valence-corrected chi connectivity index (χ4v) is 2.03. The second-order valence-electron chi connectivity index (χ2n) is 4.32. The topological polar surface area (TPSA) is 76.0 Å². The van der Waals surface area contributed by atoms with Crippen molar-refractivity contribution in [1.82, 2.24) is 0 Å². The van der Waals surface area contributed by atoms with Crippen LogP contribution in [0.1, 0.15) is 29.7 Å². The number of benzene rings is 1. The number of methoxy groups -OCH3 is 1. The van der Waals surface area contributed by atoms with E-state index in [1.54, 1.807) is 40.0 Å². The van der Waals surface area contributed by atoms with Crippen molar-refractivity contribution in [2.24, 2.45) is 0 Å². The molecule has 0 fully saturated rings. The summed E-state index contributed by atoms with van der Waals surface area (Å²) in [5, 5.41) is 19.9. The number of carbonyl (C=O) groups is 1. The molecule has 0 saturated carbocycles. The minimum absolute atomic E-state index is 0.156. The lowest BCUT2D eigenvalue weighted by Gasteiger charge is -2.21. The van der Waals surface area contributed by atoms with Gasteiger partial charge in [0.1, 0.15) is 11.9 Å². The first-order valence-corrected chi connectivity index (χ1v) is 6.10. The number of aliphatic hydroxyl groups excluding tert-OH is 2. The minimum atomic E-state index is -1.59. The molecule has 1 aromatic carbocycles. The van der Waals surface area contributed by atoms with Crippen LogP contribution < -0.4 is 4.74 Å². The largest absolute Gasteiger partial charge is 0.497 e. The number of aryl methyl sites for hydroxylation is 2. The van der Waals surface area contributed by atoms with E-state index in [0.717, 1.165) is 11.1 Å². The smallest absolute Gasteiger partial charge is 0.338 e. The predicted octanol–water partition coefficient (Wildman–Crippen LogP) is 1.27. The lowest BCUT2D eigenvalue weighted by molar-refractivity contribution is -0.159. The molecule has 0 radical (unpaired) electrons. The van der Waals surface area contributed by atoms with Crippen LogP contribution in [0.2, 0.25) is 0 Å². The van der Waals surface area contributed by atoms with Crippen LogP contribution in [-0.4, -0.2) is 36.0 Å². The van der Waals surface area contributed by atoms with Crippen molar-refractivity contribution in [2.75, 3.05) is 13.7 Å². The Kier molecular flexibility index (Phi) is 5.32. The standard InChI is InChI=1S/C14H20O5/c1-5-19-14(17)13(16)12(15)11-8(2)6-10(18-4)7-9(11)3/h6-7,12-13,15-16H,5H2,1-4H3. The molecule has 2 unspecified atom stereocenters. The van der Waals surface area contributed by atoms with E-state index in [0.29, 0.717) is 11.3 Å². The molecule has 0 heterocycles. The normalized spacial score (nSPS) is 13.8. The van der Waals surface area contributed by atoms with Crippen molar-refractivity contribution in [1.29, 1.82) is 0 Å². The lowest BCUT2D eigenvalue weighted by atomic mass is 9.94. The predicted molar refractivity (Wildman–Crippen MR) is 70.1 cm³/mol. The Morgan fingerprint density at radius 2 is 1.79 bits per heavy atom. The third kappa shape index (κ3) is 3.45. The Morgan fingerprint density at radius 1 is 1.26 bits per heavy atom. The second kappa shape index (κ2) is 6.54. The van der Waals surface area contributed by atoms with Crippen molar-refractivity contribution in [3.63, 3.8) is 0 Å². The number of hydrogen-bond donors (Lipinski definition) is 2. The maximum atomic E-state index is 11.4. The van der Waals surface area contributed by atoms with Crippen LogP contribution in [0.5, 0.6) is 5.75 Å². The van der Waals surface area contributed by atoms with Crippen LogP contribution in [0, 0.1) is 13.8 Å². The first kappa shape index (κ1) is 15.5. The SMILES string of the molecule is CCOC(=O)C(O)C(O)c1c(C)cc(OC)cc1C. The summed E-state index contributed by atoms with van der Waals surface area (Å²) in [5.74, 6) is -0.166. The molecule has 0 bridgehead atoms. The molecule has 1 aromatic rings. The molecule has 0 saturated heterocycles. The highest BCUT2D eigenvalue weighted by Gasteiger charge is 2.29. The van der Waals surface area contributed by atoms with Crippen LogP contribution in [-0.2, 0) is 9.53 Å². The second-order valence-corrected chi connectivity index (χ2v) is 4.32. The van der Waals surface area contributed by atoms with Gasteiger partial charge in [0, 0.05) is 0 Å². The average Bonchev–Trinajstić information content (AvgIpc) is 2.36. The van der Waals surface area contributed by atoms with Crippen LogP contribution in [0.4, 0.5) is 0 Å². The summed E-state index contributed by atoms with van der Waals surface area (Å²) in [4.78, 5) is 11.4. The Labute approximate surface area is 112 Å². The van der Waals surface area contributed by atoms with E-state index in [2.05, 4.69) is 0 Å².